The first-order valence-electron chi connectivity index (χ1n) is 8.61. The van der Waals surface area contributed by atoms with Gasteiger partial charge < -0.3 is 24.8 Å². The summed E-state index contributed by atoms with van der Waals surface area (Å²) >= 11 is 0. The average molecular weight is 335 g/mol. The third-order valence-electron chi connectivity index (χ3n) is 3.98. The van der Waals surface area contributed by atoms with Crippen molar-refractivity contribution in [2.45, 2.75) is 32.3 Å². The van der Waals surface area contributed by atoms with Crippen LogP contribution >= 0.6 is 0 Å². The number of ether oxygens (including phenoxy) is 3. The van der Waals surface area contributed by atoms with E-state index in [1.807, 2.05) is 12.1 Å². The molecule has 6 nitrogen and oxygen atoms in total. The van der Waals surface area contributed by atoms with Gasteiger partial charge in [-0.25, -0.2) is 0 Å². The number of rotatable bonds is 8. The molecule has 1 aromatic carbocycles. The predicted octanol–water partition coefficient (Wildman–Crippen LogP) is 1.98. The summed E-state index contributed by atoms with van der Waals surface area (Å²) < 4.78 is 16.2. The normalized spacial score (nSPS) is 17.6. The Kier molecular flexibility index (Phi) is 7.68. The van der Waals surface area contributed by atoms with Crippen molar-refractivity contribution in [3.63, 3.8) is 0 Å². The average Bonchev–Trinajstić information content (AvgIpc) is 3.13. The molecule has 1 heterocycles. The fraction of sp³-hybridized carbons (Fsp3) is 0.611. The quantitative estimate of drug-likeness (QED) is 0.562. The maximum atomic E-state index is 5.61. The molecule has 1 saturated heterocycles. The van der Waals surface area contributed by atoms with Crippen molar-refractivity contribution in [1.29, 1.82) is 0 Å². The Labute approximate surface area is 144 Å². The van der Waals surface area contributed by atoms with Gasteiger partial charge in [0.1, 0.15) is 0 Å². The zero-order valence-electron chi connectivity index (χ0n) is 14.9. The standard InChI is InChI=1S/C18H29N3O3/c1-4-19-18(21-13-15-6-5-11-24-15)20-10-9-14-7-8-16(22-2)17(12-14)23-3/h7-8,12,15H,4-6,9-11,13H2,1-3H3,(H2,19,20,21). The van der Waals surface area contributed by atoms with Crippen LogP contribution in [0.5, 0.6) is 11.5 Å². The summed E-state index contributed by atoms with van der Waals surface area (Å²) in [5.74, 6) is 2.35. The van der Waals surface area contributed by atoms with Crippen molar-refractivity contribution < 1.29 is 14.2 Å². The van der Waals surface area contributed by atoms with Gasteiger partial charge >= 0.3 is 0 Å². The molecule has 1 unspecified atom stereocenters. The number of hydrogen-bond acceptors (Lipinski definition) is 4. The lowest BCUT2D eigenvalue weighted by Crippen LogP contribution is -2.38. The zero-order chi connectivity index (χ0) is 17.2. The molecular weight excluding hydrogens is 306 g/mol. The summed E-state index contributed by atoms with van der Waals surface area (Å²) in [6.45, 7) is 5.29. The highest BCUT2D eigenvalue weighted by Gasteiger charge is 2.14. The maximum Gasteiger partial charge on any atom is 0.191 e. The van der Waals surface area contributed by atoms with Gasteiger partial charge in [0.15, 0.2) is 17.5 Å². The van der Waals surface area contributed by atoms with E-state index in [0.29, 0.717) is 6.54 Å². The number of hydrogen-bond donors (Lipinski definition) is 2. The second-order valence-corrected chi connectivity index (χ2v) is 5.72. The molecule has 6 heteroatoms. The van der Waals surface area contributed by atoms with E-state index in [1.54, 1.807) is 14.2 Å². The summed E-state index contributed by atoms with van der Waals surface area (Å²) in [4.78, 5) is 4.61. The minimum absolute atomic E-state index is 0.270. The highest BCUT2D eigenvalue weighted by atomic mass is 16.5. The Hall–Kier alpha value is -1.95. The van der Waals surface area contributed by atoms with E-state index in [1.165, 1.54) is 5.56 Å². The molecule has 2 N–H and O–H groups in total. The molecule has 1 fully saturated rings. The van der Waals surface area contributed by atoms with E-state index in [9.17, 15) is 0 Å². The molecule has 1 aliphatic heterocycles. The molecule has 0 spiro atoms. The fourth-order valence-corrected chi connectivity index (χ4v) is 2.68. The van der Waals surface area contributed by atoms with Crippen molar-refractivity contribution in [3.05, 3.63) is 23.8 Å². The Morgan fingerprint density at radius 2 is 2.08 bits per heavy atom. The van der Waals surface area contributed by atoms with Gasteiger partial charge in [-0.3, -0.25) is 4.99 Å². The second kappa shape index (κ2) is 10.0. The van der Waals surface area contributed by atoms with E-state index in [0.717, 1.165) is 56.4 Å². The van der Waals surface area contributed by atoms with Crippen LogP contribution in [-0.4, -0.2) is 52.5 Å². The minimum Gasteiger partial charge on any atom is -0.493 e. The first kappa shape index (κ1) is 18.4. The zero-order valence-corrected chi connectivity index (χ0v) is 14.9. The molecule has 1 atom stereocenters. The van der Waals surface area contributed by atoms with Gasteiger partial charge in [0.25, 0.3) is 0 Å². The molecule has 24 heavy (non-hydrogen) atoms. The van der Waals surface area contributed by atoms with Gasteiger partial charge in [-0.1, -0.05) is 6.07 Å². The molecule has 2 rings (SSSR count). The SMILES string of the molecule is CCNC(=NCC1CCCO1)NCCc1ccc(OC)c(OC)c1. The molecule has 0 radical (unpaired) electrons. The van der Waals surface area contributed by atoms with Crippen LogP contribution < -0.4 is 20.1 Å². The number of methoxy groups -OCH3 is 2. The van der Waals surface area contributed by atoms with Gasteiger partial charge in [-0.15, -0.1) is 0 Å². The molecule has 1 aliphatic rings. The largest absolute Gasteiger partial charge is 0.493 e. The van der Waals surface area contributed by atoms with Crippen molar-refractivity contribution >= 4 is 5.96 Å². The smallest absolute Gasteiger partial charge is 0.191 e. The van der Waals surface area contributed by atoms with Gasteiger partial charge in [0.05, 0.1) is 26.9 Å². The Balaban J connectivity index is 1.84. The minimum atomic E-state index is 0.270. The Morgan fingerprint density at radius 1 is 1.25 bits per heavy atom. The number of aliphatic imine (C=N–C) groups is 1. The van der Waals surface area contributed by atoms with Crippen molar-refractivity contribution in [3.8, 4) is 11.5 Å². The molecule has 0 bridgehead atoms. The second-order valence-electron chi connectivity index (χ2n) is 5.72. The number of nitrogens with one attached hydrogen (secondary N) is 2. The molecule has 134 valence electrons. The van der Waals surface area contributed by atoms with Crippen LogP contribution in [-0.2, 0) is 11.2 Å². The molecular formula is C18H29N3O3. The highest BCUT2D eigenvalue weighted by Crippen LogP contribution is 2.27. The highest BCUT2D eigenvalue weighted by molar-refractivity contribution is 5.79. The predicted molar refractivity (Wildman–Crippen MR) is 96.2 cm³/mol. The van der Waals surface area contributed by atoms with Crippen LogP contribution in [0, 0.1) is 0 Å². The Morgan fingerprint density at radius 3 is 2.75 bits per heavy atom. The summed E-state index contributed by atoms with van der Waals surface area (Å²) in [6, 6.07) is 6.00. The third-order valence-corrected chi connectivity index (χ3v) is 3.98. The lowest BCUT2D eigenvalue weighted by molar-refractivity contribution is 0.117. The monoisotopic (exact) mass is 335 g/mol. The van der Waals surface area contributed by atoms with Gasteiger partial charge in [0, 0.05) is 19.7 Å². The molecule has 0 saturated carbocycles. The molecule has 0 aromatic heterocycles. The van der Waals surface area contributed by atoms with Crippen molar-refractivity contribution in [2.75, 3.05) is 40.5 Å². The van der Waals surface area contributed by atoms with Crippen LogP contribution in [0.15, 0.2) is 23.2 Å². The summed E-state index contributed by atoms with van der Waals surface area (Å²) in [5.41, 5.74) is 1.19. The summed E-state index contributed by atoms with van der Waals surface area (Å²) in [7, 11) is 3.30. The molecule has 0 aliphatic carbocycles. The Bertz CT molecular complexity index is 528. The third kappa shape index (κ3) is 5.60. The lowest BCUT2D eigenvalue weighted by atomic mass is 10.1. The number of guanidine groups is 1. The van der Waals surface area contributed by atoms with Gasteiger partial charge in [0.2, 0.25) is 0 Å². The maximum absolute atomic E-state index is 5.61. The summed E-state index contributed by atoms with van der Waals surface area (Å²) in [6.07, 6.45) is 3.40. The van der Waals surface area contributed by atoms with E-state index >= 15 is 0 Å². The van der Waals surface area contributed by atoms with E-state index in [-0.39, 0.29) is 6.10 Å². The molecule has 0 amide bonds. The van der Waals surface area contributed by atoms with E-state index in [2.05, 4.69) is 28.6 Å². The first-order chi connectivity index (χ1) is 11.8. The number of nitrogens with zero attached hydrogens (tertiary/aromatic N) is 1. The summed E-state index contributed by atoms with van der Waals surface area (Å²) in [5, 5.41) is 6.64. The lowest BCUT2D eigenvalue weighted by Gasteiger charge is -2.13. The fourth-order valence-electron chi connectivity index (χ4n) is 2.68. The van der Waals surface area contributed by atoms with Crippen LogP contribution in [0.2, 0.25) is 0 Å². The van der Waals surface area contributed by atoms with Crippen LogP contribution in [0.1, 0.15) is 25.3 Å². The molecule has 1 aromatic rings. The first-order valence-corrected chi connectivity index (χ1v) is 8.61. The van der Waals surface area contributed by atoms with Crippen LogP contribution in [0.25, 0.3) is 0 Å². The number of benzene rings is 1. The van der Waals surface area contributed by atoms with Crippen molar-refractivity contribution in [2.24, 2.45) is 4.99 Å². The van der Waals surface area contributed by atoms with Crippen molar-refractivity contribution in [1.82, 2.24) is 10.6 Å². The van der Waals surface area contributed by atoms with Crippen LogP contribution in [0.4, 0.5) is 0 Å². The van der Waals surface area contributed by atoms with Gasteiger partial charge in [-0.05, 0) is 43.9 Å². The van der Waals surface area contributed by atoms with Crippen LogP contribution in [0.3, 0.4) is 0 Å². The van der Waals surface area contributed by atoms with Gasteiger partial charge in [-0.2, -0.15) is 0 Å². The topological polar surface area (TPSA) is 64.1 Å². The van der Waals surface area contributed by atoms with E-state index < -0.39 is 0 Å². The van der Waals surface area contributed by atoms with E-state index in [4.69, 9.17) is 14.2 Å².